The number of esters is 1. The number of nitrogen functional groups attached to an aromatic ring is 3. The molecular weight excluding hydrogens is 1330 g/mol. The van der Waals surface area contributed by atoms with Crippen molar-refractivity contribution in [3.8, 4) is 34.6 Å². The molecule has 516 valence electrons. The maximum absolute atomic E-state index is 13.4. The van der Waals surface area contributed by atoms with Crippen LogP contribution < -0.4 is 32.7 Å². The number of amides is 3. The van der Waals surface area contributed by atoms with Crippen molar-refractivity contribution < 1.29 is 42.9 Å². The van der Waals surface area contributed by atoms with Crippen molar-refractivity contribution in [2.24, 2.45) is 0 Å². The minimum atomic E-state index is -1.04. The Morgan fingerprint density at radius 2 is 1.16 bits per heavy atom. The molecule has 9 heterocycles. The Bertz CT molecular complexity index is 4570. The molecule has 12 rings (SSSR count). The molecule has 31 heteroatoms. The van der Waals surface area contributed by atoms with E-state index in [9.17, 15) is 24.0 Å². The van der Waals surface area contributed by atoms with Crippen LogP contribution in [0.2, 0.25) is 0 Å². The summed E-state index contributed by atoms with van der Waals surface area (Å²) in [5.41, 5.74) is 24.3. The van der Waals surface area contributed by atoms with Crippen molar-refractivity contribution >= 4 is 114 Å². The van der Waals surface area contributed by atoms with Crippen LogP contribution >= 0.6 is 15.9 Å². The number of carbonyl (C=O) groups excluding carboxylic acids is 5. The lowest BCUT2D eigenvalue weighted by Gasteiger charge is -2.28. The molecule has 3 amide bonds. The molecule has 0 fully saturated rings. The molecule has 0 bridgehead atoms. The van der Waals surface area contributed by atoms with Gasteiger partial charge in [-0.2, -0.15) is 4.90 Å². The van der Waals surface area contributed by atoms with E-state index in [0.717, 1.165) is 65.0 Å². The molecule has 0 radical (unpaired) electrons. The molecule has 10 aromatic rings. The van der Waals surface area contributed by atoms with Gasteiger partial charge in [-0.15, -0.1) is 0 Å². The van der Waals surface area contributed by atoms with Gasteiger partial charge in [-0.1, -0.05) is 48.6 Å². The van der Waals surface area contributed by atoms with Crippen LogP contribution in [0.25, 0.3) is 78.8 Å². The van der Waals surface area contributed by atoms with Gasteiger partial charge in [0, 0.05) is 45.0 Å². The lowest BCUT2D eigenvalue weighted by Crippen LogP contribution is -2.44. The maximum Gasteiger partial charge on any atom is 0.425 e. The molecule has 0 saturated carbocycles. The Balaban J connectivity index is 0.000000165. The molecule has 0 aliphatic carbocycles. The number of nitrogens with zero attached hydrogens (tertiary/aromatic N) is 14. The zero-order valence-electron chi connectivity index (χ0n) is 56.7. The Kier molecular flexibility index (Phi) is 22.8. The van der Waals surface area contributed by atoms with Gasteiger partial charge >= 0.3 is 24.2 Å². The number of anilines is 4. The van der Waals surface area contributed by atoms with E-state index in [1.165, 1.54) is 35.8 Å². The number of imidazole rings is 3. The predicted molar refractivity (Wildman–Crippen MR) is 379 cm³/mol. The zero-order chi connectivity index (χ0) is 71.3. The van der Waals surface area contributed by atoms with Gasteiger partial charge < -0.3 is 61.6 Å². The topological polar surface area (TPSA) is 409 Å². The number of methoxy groups -OCH3 is 1. The summed E-state index contributed by atoms with van der Waals surface area (Å²) < 4.78 is 22.5. The van der Waals surface area contributed by atoms with Gasteiger partial charge in [0.15, 0.2) is 52.1 Å². The quantitative estimate of drug-likeness (QED) is 0.0494. The standard InChI is InChI=1S/C26H32BrN5O6.C20H23N7O.C16H16N6.C6H7N3O2/c1-24(2,3)36-21(33)31-16-13-11-10-12-15(16)29-20(31)18-19(28-14-17(27)30-18)32(22(34)37-25(4,5)6)23(35)38-26(7,8)9;1-22-9-6-17(28)27-10-7-13(8-11-27)16-12-23-19(21)18(24-16)20-25-14-4-2-3-5-15(14)26-20;17-15-14(16-21-11-3-1-2-4-12(11)22-16)20-13(9-19-15)10-5-7-18-8-6-10;1-11-6(10)4-5(7)9-3-2-8-4/h10-14H,1-9H3;2-5,7,12,22H,6,8-11H2,1H3,(H2,21,23)(H,25,26);1-5,9,18H,6-8H2,(H2,17,19)(H,21,22);2-3H,1H3,(H2,7,9). The van der Waals surface area contributed by atoms with Crippen molar-refractivity contribution in [2.45, 2.75) is 98.4 Å². The highest BCUT2D eigenvalue weighted by atomic mass is 79.9. The lowest BCUT2D eigenvalue weighted by molar-refractivity contribution is -0.130. The summed E-state index contributed by atoms with van der Waals surface area (Å²) >= 11 is 3.29. The smallest absolute Gasteiger partial charge is 0.425 e. The van der Waals surface area contributed by atoms with Crippen LogP contribution in [0.3, 0.4) is 0 Å². The van der Waals surface area contributed by atoms with Crippen molar-refractivity contribution in [3.05, 3.63) is 138 Å². The number of imide groups is 1. The molecule has 0 spiro atoms. The fraction of sp³-hybridized carbons (Fsp3) is 0.324. The van der Waals surface area contributed by atoms with Crippen molar-refractivity contribution in [2.75, 3.05) is 69.0 Å². The molecule has 7 aromatic heterocycles. The summed E-state index contributed by atoms with van der Waals surface area (Å²) in [5, 5.41) is 6.30. The van der Waals surface area contributed by atoms with Gasteiger partial charge in [0.2, 0.25) is 5.91 Å². The fourth-order valence-corrected chi connectivity index (χ4v) is 10.1. The molecule has 99 heavy (non-hydrogen) atoms. The van der Waals surface area contributed by atoms with Crippen LogP contribution in [0.4, 0.5) is 37.7 Å². The van der Waals surface area contributed by atoms with E-state index in [0.29, 0.717) is 76.7 Å². The fourth-order valence-electron chi connectivity index (χ4n) is 9.78. The third-order valence-corrected chi connectivity index (χ3v) is 14.6. The van der Waals surface area contributed by atoms with Crippen molar-refractivity contribution in [1.29, 1.82) is 0 Å². The molecule has 0 unspecified atom stereocenters. The minimum Gasteiger partial charge on any atom is -0.464 e. The molecule has 10 N–H and O–H groups in total. The predicted octanol–water partition coefficient (Wildman–Crippen LogP) is 10.4. The number of carbonyl (C=O) groups is 5. The zero-order valence-corrected chi connectivity index (χ0v) is 58.3. The Morgan fingerprint density at radius 3 is 1.67 bits per heavy atom. The number of fused-ring (bicyclic) bond motifs is 3. The van der Waals surface area contributed by atoms with Crippen LogP contribution in [-0.4, -0.2) is 168 Å². The normalized spacial score (nSPS) is 13.1. The monoisotopic (exact) mass is 1410 g/mol. The van der Waals surface area contributed by atoms with Crippen LogP contribution in [0.5, 0.6) is 0 Å². The van der Waals surface area contributed by atoms with Crippen molar-refractivity contribution in [3.63, 3.8) is 0 Å². The number of nitrogens with two attached hydrogens (primary N) is 3. The summed E-state index contributed by atoms with van der Waals surface area (Å²) in [4.78, 5) is 120. The molecule has 0 atom stereocenters. The summed E-state index contributed by atoms with van der Waals surface area (Å²) in [5.74, 6) is 1.42. The third-order valence-electron chi connectivity index (χ3n) is 14.2. The first-order chi connectivity index (χ1) is 47.1. The van der Waals surface area contributed by atoms with Gasteiger partial charge in [0.05, 0.1) is 70.2 Å². The number of aromatic amines is 2. The van der Waals surface area contributed by atoms with Gasteiger partial charge in [0.1, 0.15) is 32.8 Å². The summed E-state index contributed by atoms with van der Waals surface area (Å²) in [6.07, 6.45) is 11.1. The van der Waals surface area contributed by atoms with E-state index in [4.69, 9.17) is 36.4 Å². The van der Waals surface area contributed by atoms with Gasteiger partial charge in [0.25, 0.3) is 0 Å². The second-order valence-corrected chi connectivity index (χ2v) is 26.0. The third kappa shape index (κ3) is 18.7. The highest BCUT2D eigenvalue weighted by Gasteiger charge is 2.38. The number of hydrogen-bond acceptors (Lipinski definition) is 25. The largest absolute Gasteiger partial charge is 0.464 e. The van der Waals surface area contributed by atoms with E-state index in [2.05, 4.69) is 97.2 Å². The summed E-state index contributed by atoms with van der Waals surface area (Å²) in [6, 6.07) is 22.6. The number of rotatable bonds is 10. The number of H-pyrrole nitrogens is 2. The van der Waals surface area contributed by atoms with Gasteiger partial charge in [-0.25, -0.2) is 78.6 Å². The SMILES string of the molecule is CC(C)(C)OC(=O)N(C(=O)OC(C)(C)C)c1ncc(Br)nc1-c1nc2ccccc2n1C(=O)OC(C)(C)C.CNCCC(=O)N1CC=C(c2cnc(N)c(-c3nc4ccccc4[nH]3)n2)CC1.COC(=O)c1nccnc1N.Nc1ncc(C2=CCNCC2)nc1-c1nc2ccccc2[nH]1. The number of benzene rings is 3. The first-order valence-corrected chi connectivity index (χ1v) is 32.2. The van der Waals surface area contributed by atoms with Crippen LogP contribution in [0.1, 0.15) is 103 Å². The number of aromatic nitrogens is 14. The van der Waals surface area contributed by atoms with E-state index in [1.54, 1.807) is 99.0 Å². The highest BCUT2D eigenvalue weighted by molar-refractivity contribution is 9.10. The summed E-state index contributed by atoms with van der Waals surface area (Å²) in [7, 11) is 3.11. The van der Waals surface area contributed by atoms with Crippen molar-refractivity contribution in [1.82, 2.24) is 84.9 Å². The Morgan fingerprint density at radius 1 is 0.616 bits per heavy atom. The van der Waals surface area contributed by atoms with E-state index in [-0.39, 0.29) is 39.4 Å². The summed E-state index contributed by atoms with van der Waals surface area (Å²) in [6.45, 7) is 19.0. The minimum absolute atomic E-state index is 0.00127. The second-order valence-electron chi connectivity index (χ2n) is 25.2. The number of halogens is 1. The number of hydrogen-bond donors (Lipinski definition) is 7. The second kappa shape index (κ2) is 31.3. The average molecular weight is 1410 g/mol. The maximum atomic E-state index is 13.4. The number of nitrogens with one attached hydrogen (secondary N) is 4. The molecule has 2 aliphatic heterocycles. The van der Waals surface area contributed by atoms with Crippen LogP contribution in [0, 0.1) is 0 Å². The van der Waals surface area contributed by atoms with Gasteiger partial charge in [-0.05, 0) is 152 Å². The number of ether oxygens (including phenoxy) is 4. The molecule has 30 nitrogen and oxygen atoms in total. The van der Waals surface area contributed by atoms with E-state index >= 15 is 0 Å². The average Bonchev–Trinajstić information content (AvgIpc) is 1.54. The Labute approximate surface area is 578 Å². The first-order valence-electron chi connectivity index (χ1n) is 31.4. The van der Waals surface area contributed by atoms with Gasteiger partial charge in [-0.3, -0.25) is 4.79 Å². The number of para-hydroxylation sites is 6. The highest BCUT2D eigenvalue weighted by Crippen LogP contribution is 2.35. The van der Waals surface area contributed by atoms with Crippen LogP contribution in [-0.2, 0) is 23.7 Å². The lowest BCUT2D eigenvalue weighted by atomic mass is 10.0. The first kappa shape index (κ1) is 72.1. The molecular formula is C68H78BrN21O9. The Hall–Kier alpha value is -11.2. The van der Waals surface area contributed by atoms with E-state index in [1.807, 2.05) is 66.6 Å². The molecule has 0 saturated heterocycles. The van der Waals surface area contributed by atoms with E-state index < -0.39 is 41.1 Å². The molecule has 3 aromatic carbocycles. The molecule has 2 aliphatic rings. The van der Waals surface area contributed by atoms with Crippen LogP contribution in [0.15, 0.2) is 121 Å².